The van der Waals surface area contributed by atoms with E-state index in [0.717, 1.165) is 15.4 Å². The summed E-state index contributed by atoms with van der Waals surface area (Å²) in [7, 11) is -4.21. The van der Waals surface area contributed by atoms with Crippen molar-refractivity contribution in [3.63, 3.8) is 0 Å². The highest BCUT2D eigenvalue weighted by molar-refractivity contribution is 7.92. The number of hydrogen-bond donors (Lipinski definition) is 1. The first-order valence-corrected chi connectivity index (χ1v) is 16.9. The normalized spacial score (nSPS) is 12.6. The maximum absolute atomic E-state index is 14.5. The molecule has 0 unspecified atom stereocenters. The molecule has 0 fully saturated rings. The van der Waals surface area contributed by atoms with Crippen molar-refractivity contribution < 1.29 is 18.0 Å². The van der Waals surface area contributed by atoms with E-state index in [2.05, 4.69) is 5.32 Å². The molecule has 2 amide bonds. The molecule has 10 heteroatoms. The third-order valence-corrected chi connectivity index (χ3v) is 9.79. The van der Waals surface area contributed by atoms with Crippen LogP contribution >= 0.6 is 23.2 Å². The van der Waals surface area contributed by atoms with E-state index in [1.807, 2.05) is 57.2 Å². The molecule has 2 atom stereocenters. The fourth-order valence-corrected chi connectivity index (χ4v) is 6.55. The van der Waals surface area contributed by atoms with Gasteiger partial charge in [0.25, 0.3) is 10.0 Å². The average Bonchev–Trinajstić information content (AvgIpc) is 3.02. The Hall–Kier alpha value is -3.85. The summed E-state index contributed by atoms with van der Waals surface area (Å²) in [4.78, 5) is 29.8. The van der Waals surface area contributed by atoms with Gasteiger partial charge >= 0.3 is 0 Å². The van der Waals surface area contributed by atoms with Crippen molar-refractivity contribution in [2.45, 2.75) is 57.1 Å². The van der Waals surface area contributed by atoms with Gasteiger partial charge in [-0.15, -0.1) is 0 Å². The number of carbonyl (C=O) groups excluding carboxylic acids is 2. The van der Waals surface area contributed by atoms with Crippen molar-refractivity contribution in [3.8, 4) is 0 Å². The van der Waals surface area contributed by atoms with Gasteiger partial charge in [-0.3, -0.25) is 13.9 Å². The molecule has 45 heavy (non-hydrogen) atoms. The number of halogens is 2. The molecule has 0 saturated carbocycles. The SMILES string of the molecule is CC[C@H](C)NC(=O)[C@@H](Cc1ccccc1)N(Cc1cccc(Cl)c1)C(=O)CN(c1ccc(C)cc1)S(=O)(=O)c1ccc(Cl)cc1. The molecule has 236 valence electrons. The molecule has 0 heterocycles. The monoisotopic (exact) mass is 665 g/mol. The molecule has 0 aliphatic heterocycles. The van der Waals surface area contributed by atoms with Gasteiger partial charge in [-0.05, 0) is 79.9 Å². The van der Waals surface area contributed by atoms with Gasteiger partial charge in [-0.1, -0.05) is 90.3 Å². The summed E-state index contributed by atoms with van der Waals surface area (Å²) in [6.07, 6.45) is 0.927. The number of anilines is 1. The Balaban J connectivity index is 1.80. The van der Waals surface area contributed by atoms with Gasteiger partial charge in [0.2, 0.25) is 11.8 Å². The molecular weight excluding hydrogens is 629 g/mol. The number of aryl methyl sites for hydroxylation is 1. The van der Waals surface area contributed by atoms with E-state index >= 15 is 0 Å². The van der Waals surface area contributed by atoms with Crippen LogP contribution in [0.25, 0.3) is 0 Å². The van der Waals surface area contributed by atoms with Crippen molar-refractivity contribution in [2.24, 2.45) is 0 Å². The van der Waals surface area contributed by atoms with Gasteiger partial charge in [0.1, 0.15) is 12.6 Å². The van der Waals surface area contributed by atoms with E-state index in [4.69, 9.17) is 23.2 Å². The van der Waals surface area contributed by atoms with Crippen LogP contribution in [0.5, 0.6) is 0 Å². The molecule has 0 aliphatic carbocycles. The second-order valence-corrected chi connectivity index (χ2v) is 13.7. The fourth-order valence-electron chi connectivity index (χ4n) is 4.80. The van der Waals surface area contributed by atoms with E-state index in [0.29, 0.717) is 27.7 Å². The Kier molecular flexibility index (Phi) is 11.7. The number of amides is 2. The van der Waals surface area contributed by atoms with E-state index < -0.39 is 28.5 Å². The Morgan fingerprint density at radius 2 is 1.47 bits per heavy atom. The molecule has 4 aromatic carbocycles. The predicted molar refractivity (Wildman–Crippen MR) is 181 cm³/mol. The first kappa shape index (κ1) is 34.0. The molecule has 1 N–H and O–H groups in total. The van der Waals surface area contributed by atoms with Crippen molar-refractivity contribution in [2.75, 3.05) is 10.8 Å². The van der Waals surface area contributed by atoms with Gasteiger partial charge in [0.05, 0.1) is 10.6 Å². The molecule has 0 bridgehead atoms. The van der Waals surface area contributed by atoms with E-state index in [9.17, 15) is 18.0 Å². The summed E-state index contributed by atoms with van der Waals surface area (Å²) in [5, 5.41) is 3.90. The Bertz CT molecular complexity index is 1700. The highest BCUT2D eigenvalue weighted by atomic mass is 35.5. The maximum Gasteiger partial charge on any atom is 0.264 e. The number of sulfonamides is 1. The van der Waals surface area contributed by atoms with Crippen LogP contribution in [-0.4, -0.2) is 43.8 Å². The zero-order chi connectivity index (χ0) is 32.6. The second-order valence-electron chi connectivity index (χ2n) is 11.0. The quantitative estimate of drug-likeness (QED) is 0.166. The zero-order valence-electron chi connectivity index (χ0n) is 25.5. The Morgan fingerprint density at radius 1 is 0.822 bits per heavy atom. The van der Waals surface area contributed by atoms with Crippen LogP contribution in [0.4, 0.5) is 5.69 Å². The first-order valence-electron chi connectivity index (χ1n) is 14.7. The van der Waals surface area contributed by atoms with Crippen molar-refractivity contribution in [3.05, 3.63) is 130 Å². The van der Waals surface area contributed by atoms with Gasteiger partial charge < -0.3 is 10.2 Å². The van der Waals surface area contributed by atoms with Gasteiger partial charge in [0.15, 0.2) is 0 Å². The molecule has 0 aliphatic rings. The largest absolute Gasteiger partial charge is 0.352 e. The summed E-state index contributed by atoms with van der Waals surface area (Å²) in [6, 6.07) is 28.1. The lowest BCUT2D eigenvalue weighted by molar-refractivity contribution is -0.140. The van der Waals surface area contributed by atoms with Crippen LogP contribution in [0, 0.1) is 6.92 Å². The predicted octanol–water partition coefficient (Wildman–Crippen LogP) is 7.05. The number of benzene rings is 4. The summed E-state index contributed by atoms with van der Waals surface area (Å²) >= 11 is 12.4. The number of hydrogen-bond acceptors (Lipinski definition) is 4. The number of nitrogens with one attached hydrogen (secondary N) is 1. The average molecular weight is 667 g/mol. The van der Waals surface area contributed by atoms with Crippen molar-refractivity contribution >= 4 is 50.7 Å². The first-order chi connectivity index (χ1) is 21.5. The molecule has 0 aromatic heterocycles. The minimum atomic E-state index is -4.21. The summed E-state index contributed by atoms with van der Waals surface area (Å²) < 4.78 is 29.2. The number of carbonyl (C=O) groups is 2. The van der Waals surface area contributed by atoms with Crippen LogP contribution < -0.4 is 9.62 Å². The summed E-state index contributed by atoms with van der Waals surface area (Å²) in [5.74, 6) is -0.876. The summed E-state index contributed by atoms with van der Waals surface area (Å²) in [5.41, 5.74) is 2.80. The molecular formula is C35H37Cl2N3O4S. The standard InChI is InChI=1S/C35H37Cl2N3O4S/c1-4-26(3)38-35(42)33(22-27-9-6-5-7-10-27)39(23-28-11-8-12-30(37)21-28)34(41)24-40(31-17-13-25(2)14-18-31)45(43,44)32-19-15-29(36)16-20-32/h5-21,26,33H,4,22-24H2,1-3H3,(H,38,42)/t26-,33+/m0/s1. The van der Waals surface area contributed by atoms with E-state index in [-0.39, 0.29) is 29.8 Å². The number of rotatable bonds is 13. The third kappa shape index (κ3) is 9.10. The number of nitrogens with zero attached hydrogens (tertiary/aromatic N) is 2. The van der Waals surface area contributed by atoms with Gasteiger partial charge in [0, 0.05) is 29.1 Å². The minimum Gasteiger partial charge on any atom is -0.352 e. The van der Waals surface area contributed by atoms with Gasteiger partial charge in [-0.25, -0.2) is 8.42 Å². The van der Waals surface area contributed by atoms with Gasteiger partial charge in [-0.2, -0.15) is 0 Å². The molecule has 0 spiro atoms. The van der Waals surface area contributed by atoms with Crippen LogP contribution in [0.15, 0.2) is 108 Å². The molecule has 0 radical (unpaired) electrons. The van der Waals surface area contributed by atoms with E-state index in [1.165, 1.54) is 29.2 Å². The smallest absolute Gasteiger partial charge is 0.264 e. The van der Waals surface area contributed by atoms with Crippen molar-refractivity contribution in [1.29, 1.82) is 0 Å². The zero-order valence-corrected chi connectivity index (χ0v) is 27.8. The molecule has 4 aromatic rings. The Morgan fingerprint density at radius 3 is 2.09 bits per heavy atom. The minimum absolute atomic E-state index is 0.0167. The lowest BCUT2D eigenvalue weighted by Gasteiger charge is -2.34. The maximum atomic E-state index is 14.5. The topological polar surface area (TPSA) is 86.8 Å². The highest BCUT2D eigenvalue weighted by Crippen LogP contribution is 2.26. The second kappa shape index (κ2) is 15.4. The Labute approximate surface area is 275 Å². The van der Waals surface area contributed by atoms with Crippen LogP contribution in [0.2, 0.25) is 10.0 Å². The third-order valence-electron chi connectivity index (χ3n) is 7.52. The molecule has 4 rings (SSSR count). The molecule has 7 nitrogen and oxygen atoms in total. The van der Waals surface area contributed by atoms with Crippen LogP contribution in [0.1, 0.15) is 37.0 Å². The highest BCUT2D eigenvalue weighted by Gasteiger charge is 2.35. The van der Waals surface area contributed by atoms with Crippen LogP contribution in [-0.2, 0) is 32.6 Å². The van der Waals surface area contributed by atoms with Crippen molar-refractivity contribution in [1.82, 2.24) is 10.2 Å². The lowest BCUT2D eigenvalue weighted by Crippen LogP contribution is -2.54. The summed E-state index contributed by atoms with van der Waals surface area (Å²) in [6.45, 7) is 5.25. The molecule has 0 saturated heterocycles. The van der Waals surface area contributed by atoms with Crippen LogP contribution in [0.3, 0.4) is 0 Å². The fraction of sp³-hybridized carbons (Fsp3) is 0.257. The van der Waals surface area contributed by atoms with E-state index in [1.54, 1.807) is 42.5 Å². The lowest BCUT2D eigenvalue weighted by atomic mass is 10.0.